The number of nitrogens with zero attached hydrogens (tertiary/aromatic N) is 3. The molecule has 232 valence electrons. The van der Waals surface area contributed by atoms with Crippen LogP contribution in [0.15, 0.2) is 203 Å². The molecule has 0 saturated carbocycles. The van der Waals surface area contributed by atoms with Gasteiger partial charge in [0.25, 0.3) is 16.5 Å². The summed E-state index contributed by atoms with van der Waals surface area (Å²) in [5, 5.41) is 7.49. The van der Waals surface area contributed by atoms with E-state index in [0.29, 0.717) is 0 Å². The van der Waals surface area contributed by atoms with Crippen molar-refractivity contribution in [2.75, 3.05) is 0 Å². The largest absolute Gasteiger partial charge is 0.342 e. The van der Waals surface area contributed by atoms with Gasteiger partial charge < -0.3 is 13.9 Å². The van der Waals surface area contributed by atoms with Crippen LogP contribution in [0.4, 0.5) is 0 Å². The second-order valence-corrected chi connectivity index (χ2v) is 18.7. The fourth-order valence-electron chi connectivity index (χ4n) is 6.65. The molecular weight excluding hydrogens is 615 g/mol. The van der Waals surface area contributed by atoms with Crippen molar-refractivity contribution in [3.63, 3.8) is 0 Å². The van der Waals surface area contributed by atoms with E-state index in [-0.39, 0.29) is 0 Å². The van der Waals surface area contributed by atoms with Crippen molar-refractivity contribution < 1.29 is 0 Å². The lowest BCUT2D eigenvalue weighted by Gasteiger charge is -2.29. The molecule has 0 spiro atoms. The molecule has 1 heterocycles. The van der Waals surface area contributed by atoms with E-state index in [1.807, 2.05) is 0 Å². The maximum atomic E-state index is 5.62. The van der Waals surface area contributed by atoms with Gasteiger partial charge in [-0.05, 0) is 43.3 Å². The molecule has 0 radical (unpaired) electrons. The van der Waals surface area contributed by atoms with Gasteiger partial charge in [-0.2, -0.15) is 0 Å². The number of aromatic nitrogens is 1. The molecule has 0 atom stereocenters. The van der Waals surface area contributed by atoms with Crippen molar-refractivity contribution in [2.24, 2.45) is 16.4 Å². The second-order valence-electron chi connectivity index (χ2n) is 11.9. The van der Waals surface area contributed by atoms with Crippen LogP contribution in [0.3, 0.4) is 0 Å². The Labute approximate surface area is 285 Å². The molecule has 0 amide bonds. The van der Waals surface area contributed by atoms with Gasteiger partial charge in [0.1, 0.15) is 0 Å². The van der Waals surface area contributed by atoms with E-state index in [2.05, 4.69) is 218 Å². The van der Waals surface area contributed by atoms with Crippen LogP contribution < -0.4 is 31.1 Å². The first-order valence-corrected chi connectivity index (χ1v) is 20.2. The minimum Gasteiger partial charge on any atom is -0.342 e. The van der Waals surface area contributed by atoms with Crippen molar-refractivity contribution >= 4 is 60.0 Å². The van der Waals surface area contributed by atoms with Crippen molar-refractivity contribution in [1.82, 2.24) is 4.57 Å². The van der Waals surface area contributed by atoms with Crippen LogP contribution in [0.25, 0.3) is 0 Å². The summed E-state index contributed by atoms with van der Waals surface area (Å²) in [6.07, 6.45) is 4.15. The highest BCUT2D eigenvalue weighted by Gasteiger charge is 2.41. The van der Waals surface area contributed by atoms with Crippen LogP contribution in [0.1, 0.15) is 11.4 Å². The smallest absolute Gasteiger partial charge is 0.273 e. The zero-order valence-electron chi connectivity index (χ0n) is 27.0. The van der Waals surface area contributed by atoms with Gasteiger partial charge in [0.15, 0.2) is 0 Å². The summed E-state index contributed by atoms with van der Waals surface area (Å²) in [5.74, 6) is 0. The molecule has 0 fully saturated rings. The molecule has 0 unspecified atom stereocenters. The van der Waals surface area contributed by atoms with Gasteiger partial charge in [-0.15, -0.1) is 0 Å². The third-order valence-electron chi connectivity index (χ3n) is 9.13. The molecule has 7 rings (SSSR count). The SMILES string of the molecule is Cn1c(/C=N/[Si](c2ccccc2)(c2ccccc2)c2ccccc2)ccc1/C=N/[Si](c1ccccc1)(c1ccccc1)c1ccccc1. The Balaban J connectivity index is 1.35. The summed E-state index contributed by atoms with van der Waals surface area (Å²) in [4.78, 5) is 0. The summed E-state index contributed by atoms with van der Waals surface area (Å²) < 4.78 is 13.4. The number of rotatable bonds is 10. The first kappa shape index (κ1) is 31.0. The van der Waals surface area contributed by atoms with Crippen molar-refractivity contribution in [1.29, 1.82) is 0 Å². The zero-order chi connectivity index (χ0) is 32.7. The summed E-state index contributed by atoms with van der Waals surface area (Å²) in [6.45, 7) is 0. The highest BCUT2D eigenvalue weighted by molar-refractivity contribution is 7.11. The molecule has 3 nitrogen and oxygen atoms in total. The average molecular weight is 652 g/mol. The lowest BCUT2D eigenvalue weighted by atomic mass is 10.3. The average Bonchev–Trinajstić information content (AvgIpc) is 3.53. The Morgan fingerprint density at radius 1 is 0.333 bits per heavy atom. The van der Waals surface area contributed by atoms with E-state index in [0.717, 1.165) is 11.4 Å². The van der Waals surface area contributed by atoms with Gasteiger partial charge in [0.2, 0.25) is 0 Å². The number of hydrogen-bond donors (Lipinski definition) is 0. The third kappa shape index (κ3) is 5.86. The van der Waals surface area contributed by atoms with E-state index in [1.165, 1.54) is 31.1 Å². The Morgan fingerprint density at radius 3 is 0.750 bits per heavy atom. The van der Waals surface area contributed by atoms with Gasteiger partial charge in [0.05, 0.1) is 11.4 Å². The summed E-state index contributed by atoms with van der Waals surface area (Å²) >= 11 is 0. The van der Waals surface area contributed by atoms with Crippen molar-refractivity contribution in [2.45, 2.75) is 0 Å². The Bertz CT molecular complexity index is 1770. The molecule has 5 heteroatoms. The van der Waals surface area contributed by atoms with Crippen LogP contribution >= 0.6 is 0 Å². The van der Waals surface area contributed by atoms with Crippen LogP contribution in [0.5, 0.6) is 0 Å². The van der Waals surface area contributed by atoms with Gasteiger partial charge in [-0.1, -0.05) is 182 Å². The molecule has 6 aromatic carbocycles. The lowest BCUT2D eigenvalue weighted by molar-refractivity contribution is 0.910. The van der Waals surface area contributed by atoms with Crippen molar-refractivity contribution in [3.8, 4) is 0 Å². The normalized spacial score (nSPS) is 12.1. The van der Waals surface area contributed by atoms with E-state index in [9.17, 15) is 0 Å². The Hall–Kier alpha value is -5.63. The number of hydrogen-bond acceptors (Lipinski definition) is 2. The lowest BCUT2D eigenvalue weighted by Crippen LogP contribution is -2.66. The molecule has 0 aliphatic carbocycles. The van der Waals surface area contributed by atoms with Gasteiger partial charge in [-0.3, -0.25) is 0 Å². The zero-order valence-corrected chi connectivity index (χ0v) is 29.0. The maximum Gasteiger partial charge on any atom is 0.273 e. The van der Waals surface area contributed by atoms with Crippen LogP contribution in [-0.4, -0.2) is 33.5 Å². The summed E-state index contributed by atoms with van der Waals surface area (Å²) in [7, 11) is -3.44. The fourth-order valence-corrected chi connectivity index (χ4v) is 14.2. The van der Waals surface area contributed by atoms with E-state index >= 15 is 0 Å². The first-order chi connectivity index (χ1) is 23.7. The van der Waals surface area contributed by atoms with Gasteiger partial charge >= 0.3 is 0 Å². The molecule has 0 saturated heterocycles. The second kappa shape index (κ2) is 14.0. The standard InChI is InChI=1S/C43H37N3Si2/c1-46-36(34-44-47(38-20-8-2-9-21-38,39-22-10-3-11-23-39)40-24-12-4-13-25-40)32-33-37(46)35-45-48(41-26-14-5-15-27-41,42-28-16-6-17-29-42)43-30-18-7-19-31-43/h2-35H,1H3/b44-34+,45-35+. The van der Waals surface area contributed by atoms with E-state index < -0.39 is 16.5 Å². The van der Waals surface area contributed by atoms with Gasteiger partial charge in [-0.25, -0.2) is 0 Å². The van der Waals surface area contributed by atoms with Gasteiger partial charge in [0, 0.05) is 19.5 Å². The molecule has 0 aliphatic heterocycles. The highest BCUT2D eigenvalue weighted by Crippen LogP contribution is 2.14. The third-order valence-corrected chi connectivity index (χ3v) is 17.2. The summed E-state index contributed by atoms with van der Waals surface area (Å²) in [6, 6.07) is 69.0. The molecule has 0 N–H and O–H groups in total. The quantitative estimate of drug-likeness (QED) is 0.111. The minimum atomic E-state index is -2.77. The molecule has 7 aromatic rings. The van der Waals surface area contributed by atoms with Crippen LogP contribution in [0.2, 0.25) is 0 Å². The molecule has 48 heavy (non-hydrogen) atoms. The molecular formula is C43H37N3Si2. The van der Waals surface area contributed by atoms with Crippen LogP contribution in [0, 0.1) is 0 Å². The predicted octanol–water partition coefficient (Wildman–Crippen LogP) is 5.20. The molecule has 0 aliphatic rings. The van der Waals surface area contributed by atoms with E-state index in [1.54, 1.807) is 0 Å². The molecule has 1 aromatic heterocycles. The number of benzene rings is 6. The fraction of sp³-hybridized carbons (Fsp3) is 0.0233. The summed E-state index contributed by atoms with van der Waals surface area (Å²) in [5.41, 5.74) is 2.06. The van der Waals surface area contributed by atoms with Crippen LogP contribution in [-0.2, 0) is 7.05 Å². The Morgan fingerprint density at radius 2 is 0.542 bits per heavy atom. The Kier molecular flexibility index (Phi) is 9.05. The monoisotopic (exact) mass is 651 g/mol. The highest BCUT2D eigenvalue weighted by atomic mass is 28.3. The predicted molar refractivity (Wildman–Crippen MR) is 209 cm³/mol. The first-order valence-electron chi connectivity index (χ1n) is 16.3. The molecule has 0 bridgehead atoms. The maximum absolute atomic E-state index is 5.62. The minimum absolute atomic E-state index is 1.03. The topological polar surface area (TPSA) is 29.6 Å². The van der Waals surface area contributed by atoms with Crippen molar-refractivity contribution in [3.05, 3.63) is 206 Å². The van der Waals surface area contributed by atoms with E-state index in [4.69, 9.17) is 9.32 Å².